The highest BCUT2D eigenvalue weighted by Crippen LogP contribution is 2.17. The lowest BCUT2D eigenvalue weighted by molar-refractivity contribution is -0.128. The van der Waals surface area contributed by atoms with Crippen molar-refractivity contribution in [1.29, 1.82) is 0 Å². The van der Waals surface area contributed by atoms with Crippen molar-refractivity contribution in [1.82, 2.24) is 10.6 Å². The summed E-state index contributed by atoms with van der Waals surface area (Å²) in [6.07, 6.45) is 0.701. The summed E-state index contributed by atoms with van der Waals surface area (Å²) in [5.41, 5.74) is 2.30. The molecule has 2 amide bonds. The molecule has 0 saturated carbocycles. The first-order chi connectivity index (χ1) is 11.9. The maximum Gasteiger partial charge on any atom is 0.246 e. The zero-order valence-corrected chi connectivity index (χ0v) is 14.1. The molecule has 4 nitrogen and oxygen atoms in total. The molecule has 0 aliphatic heterocycles. The second-order valence-electron chi connectivity index (χ2n) is 5.78. The van der Waals surface area contributed by atoms with Crippen LogP contribution in [-0.4, -0.2) is 18.9 Å². The average molecular weight is 346 g/mol. The highest BCUT2D eigenvalue weighted by Gasteiger charge is 2.22. The molecular weight excluding hydrogens is 326 g/mol. The highest BCUT2D eigenvalue weighted by atomic mass is 19.2. The average Bonchev–Trinajstić information content (AvgIpc) is 2.60. The zero-order chi connectivity index (χ0) is 18.4. The van der Waals surface area contributed by atoms with Gasteiger partial charge in [0.1, 0.15) is 6.04 Å². The molecule has 2 rings (SSSR count). The number of carbonyl (C=O) groups is 2. The lowest BCUT2D eigenvalue weighted by Crippen LogP contribution is -2.39. The van der Waals surface area contributed by atoms with Gasteiger partial charge in [0.15, 0.2) is 11.6 Å². The number of rotatable bonds is 6. The van der Waals surface area contributed by atoms with Gasteiger partial charge in [-0.3, -0.25) is 9.59 Å². The van der Waals surface area contributed by atoms with Gasteiger partial charge in [-0.15, -0.1) is 0 Å². The smallest absolute Gasteiger partial charge is 0.246 e. The van der Waals surface area contributed by atoms with Crippen LogP contribution in [0.2, 0.25) is 0 Å². The van der Waals surface area contributed by atoms with E-state index in [4.69, 9.17) is 0 Å². The molecule has 0 fully saturated rings. The monoisotopic (exact) mass is 346 g/mol. The standard InChI is InChI=1S/C19H20F2N2O2/c1-12-4-3-5-13(10-12)6-9-17(24)23-18(19(25)22-2)14-7-8-15(20)16(21)11-14/h3-5,7-8,10-11,18H,6,9H2,1-2H3,(H,22,25)(H,23,24). The molecule has 0 radical (unpaired) electrons. The van der Waals surface area contributed by atoms with E-state index in [1.807, 2.05) is 31.2 Å². The Morgan fingerprint density at radius 2 is 1.84 bits per heavy atom. The summed E-state index contributed by atoms with van der Waals surface area (Å²) in [5.74, 6) is -2.93. The topological polar surface area (TPSA) is 58.2 Å². The number of likely N-dealkylation sites (N-methyl/N-ethyl adjacent to an activating group) is 1. The van der Waals surface area contributed by atoms with Gasteiger partial charge in [0, 0.05) is 13.5 Å². The minimum atomic E-state index is -1.08. The van der Waals surface area contributed by atoms with Gasteiger partial charge < -0.3 is 10.6 Å². The number of aryl methyl sites for hydroxylation is 2. The molecular formula is C19H20F2N2O2. The third-order valence-electron chi connectivity index (χ3n) is 3.81. The lowest BCUT2D eigenvalue weighted by Gasteiger charge is -2.18. The minimum absolute atomic E-state index is 0.181. The summed E-state index contributed by atoms with van der Waals surface area (Å²) in [6.45, 7) is 1.97. The van der Waals surface area contributed by atoms with Crippen molar-refractivity contribution in [2.45, 2.75) is 25.8 Å². The van der Waals surface area contributed by atoms with Gasteiger partial charge >= 0.3 is 0 Å². The van der Waals surface area contributed by atoms with Crippen molar-refractivity contribution in [2.75, 3.05) is 7.05 Å². The Balaban J connectivity index is 2.07. The van der Waals surface area contributed by atoms with Crippen LogP contribution in [-0.2, 0) is 16.0 Å². The predicted octanol–water partition coefficient (Wildman–Crippen LogP) is 2.81. The van der Waals surface area contributed by atoms with Crippen LogP contribution in [0.4, 0.5) is 8.78 Å². The molecule has 0 aliphatic carbocycles. The third-order valence-corrected chi connectivity index (χ3v) is 3.81. The van der Waals surface area contributed by atoms with Gasteiger partial charge in [-0.2, -0.15) is 0 Å². The Morgan fingerprint density at radius 1 is 1.08 bits per heavy atom. The molecule has 2 aromatic rings. The summed E-state index contributed by atoms with van der Waals surface area (Å²) in [6, 6.07) is 9.83. The molecule has 0 heterocycles. The van der Waals surface area contributed by atoms with Crippen molar-refractivity contribution < 1.29 is 18.4 Å². The molecule has 2 aromatic carbocycles. The maximum absolute atomic E-state index is 13.4. The van der Waals surface area contributed by atoms with E-state index in [2.05, 4.69) is 10.6 Å². The summed E-state index contributed by atoms with van der Waals surface area (Å²) in [5, 5.41) is 4.99. The van der Waals surface area contributed by atoms with Crippen LogP contribution in [0.5, 0.6) is 0 Å². The van der Waals surface area contributed by atoms with Crippen LogP contribution in [0, 0.1) is 18.6 Å². The first-order valence-electron chi connectivity index (χ1n) is 7.92. The number of benzene rings is 2. The molecule has 132 valence electrons. The molecule has 25 heavy (non-hydrogen) atoms. The predicted molar refractivity (Wildman–Crippen MR) is 90.8 cm³/mol. The normalized spacial score (nSPS) is 11.7. The Hall–Kier alpha value is -2.76. The van der Waals surface area contributed by atoms with Gasteiger partial charge in [0.05, 0.1) is 0 Å². The van der Waals surface area contributed by atoms with Crippen molar-refractivity contribution in [3.05, 3.63) is 70.8 Å². The number of halogens is 2. The number of amides is 2. The van der Waals surface area contributed by atoms with Crippen LogP contribution in [0.3, 0.4) is 0 Å². The maximum atomic E-state index is 13.4. The summed E-state index contributed by atoms with van der Waals surface area (Å²) in [7, 11) is 1.41. The molecule has 0 spiro atoms. The molecule has 1 unspecified atom stereocenters. The van der Waals surface area contributed by atoms with E-state index in [1.165, 1.54) is 13.1 Å². The molecule has 6 heteroatoms. The fourth-order valence-electron chi connectivity index (χ4n) is 2.50. The zero-order valence-electron chi connectivity index (χ0n) is 14.1. The number of hydrogen-bond donors (Lipinski definition) is 2. The first-order valence-corrected chi connectivity index (χ1v) is 7.92. The summed E-state index contributed by atoms with van der Waals surface area (Å²) >= 11 is 0. The molecule has 2 N–H and O–H groups in total. The second kappa shape index (κ2) is 8.37. The van der Waals surface area contributed by atoms with Crippen LogP contribution in [0.15, 0.2) is 42.5 Å². The van der Waals surface area contributed by atoms with E-state index in [0.717, 1.165) is 23.3 Å². The number of carbonyl (C=O) groups excluding carboxylic acids is 2. The molecule has 0 saturated heterocycles. The van der Waals surface area contributed by atoms with E-state index >= 15 is 0 Å². The van der Waals surface area contributed by atoms with Gasteiger partial charge in [-0.25, -0.2) is 8.78 Å². The third kappa shape index (κ3) is 5.11. The summed E-state index contributed by atoms with van der Waals surface area (Å²) < 4.78 is 26.5. The van der Waals surface area contributed by atoms with Crippen LogP contribution in [0.1, 0.15) is 29.2 Å². The van der Waals surface area contributed by atoms with Crippen molar-refractivity contribution in [3.63, 3.8) is 0 Å². The molecule has 0 bridgehead atoms. The highest BCUT2D eigenvalue weighted by molar-refractivity contribution is 5.88. The van der Waals surface area contributed by atoms with Crippen LogP contribution in [0.25, 0.3) is 0 Å². The second-order valence-corrected chi connectivity index (χ2v) is 5.78. The quantitative estimate of drug-likeness (QED) is 0.845. The van der Waals surface area contributed by atoms with Gasteiger partial charge in [0.25, 0.3) is 0 Å². The van der Waals surface area contributed by atoms with Gasteiger partial charge in [0.2, 0.25) is 11.8 Å². The molecule has 0 aliphatic rings. The number of hydrogen-bond acceptors (Lipinski definition) is 2. The minimum Gasteiger partial charge on any atom is -0.357 e. The SMILES string of the molecule is CNC(=O)C(NC(=O)CCc1cccc(C)c1)c1ccc(F)c(F)c1. The fourth-order valence-corrected chi connectivity index (χ4v) is 2.50. The van der Waals surface area contributed by atoms with Crippen molar-refractivity contribution >= 4 is 11.8 Å². The van der Waals surface area contributed by atoms with Crippen molar-refractivity contribution in [3.8, 4) is 0 Å². The molecule has 0 aromatic heterocycles. The van der Waals surface area contributed by atoms with E-state index in [1.54, 1.807) is 0 Å². The van der Waals surface area contributed by atoms with E-state index in [0.29, 0.717) is 6.42 Å². The van der Waals surface area contributed by atoms with Gasteiger partial charge in [-0.1, -0.05) is 35.9 Å². The Bertz CT molecular complexity index is 778. The molecule has 1 atom stereocenters. The van der Waals surface area contributed by atoms with E-state index in [9.17, 15) is 18.4 Å². The Morgan fingerprint density at radius 3 is 2.48 bits per heavy atom. The Labute approximate surface area is 145 Å². The largest absolute Gasteiger partial charge is 0.357 e. The first kappa shape index (κ1) is 18.6. The van der Waals surface area contributed by atoms with Gasteiger partial charge in [-0.05, 0) is 36.6 Å². The van der Waals surface area contributed by atoms with Crippen LogP contribution < -0.4 is 10.6 Å². The Kier molecular flexibility index (Phi) is 6.22. The van der Waals surface area contributed by atoms with Crippen LogP contribution >= 0.6 is 0 Å². The lowest BCUT2D eigenvalue weighted by atomic mass is 10.0. The van der Waals surface area contributed by atoms with E-state index in [-0.39, 0.29) is 17.9 Å². The van der Waals surface area contributed by atoms with Crippen molar-refractivity contribution in [2.24, 2.45) is 0 Å². The fraction of sp³-hybridized carbons (Fsp3) is 0.263. The summed E-state index contributed by atoms with van der Waals surface area (Å²) in [4.78, 5) is 24.2. The van der Waals surface area contributed by atoms with E-state index < -0.39 is 23.6 Å². The number of nitrogens with one attached hydrogen (secondary N) is 2.